The van der Waals surface area contributed by atoms with Crippen molar-refractivity contribution in [1.29, 1.82) is 10.8 Å². The number of hydrogen-bond acceptors (Lipinski definition) is 5. The van der Waals surface area contributed by atoms with Gasteiger partial charge in [0.25, 0.3) is 10.0 Å². The predicted octanol–water partition coefficient (Wildman–Crippen LogP) is 2.40. The third-order valence-corrected chi connectivity index (χ3v) is 5.43. The number of nitrogens with zero attached hydrogens (tertiary/aromatic N) is 3. The summed E-state index contributed by atoms with van der Waals surface area (Å²) in [6.07, 6.45) is -4.33. The minimum Gasteiger partial charge on any atom is -0.289 e. The normalized spacial score (nSPS) is 13.6. The van der Waals surface area contributed by atoms with Crippen LogP contribution in [0.3, 0.4) is 0 Å². The molecule has 0 aliphatic carbocycles. The van der Waals surface area contributed by atoms with E-state index >= 15 is 0 Å². The molecule has 26 heavy (non-hydrogen) atoms. The largest absolute Gasteiger partial charge is 0.409 e. The molecule has 0 saturated heterocycles. The molecular formula is C14H13ClF3N5O2S. The number of halogens is 4. The maximum Gasteiger partial charge on any atom is 0.409 e. The first-order chi connectivity index (χ1) is 12.0. The minimum absolute atomic E-state index is 0.149. The van der Waals surface area contributed by atoms with Crippen molar-refractivity contribution in [3.63, 3.8) is 0 Å². The molecule has 0 spiro atoms. The smallest absolute Gasteiger partial charge is 0.289 e. The van der Waals surface area contributed by atoms with Crippen LogP contribution < -0.4 is 5.49 Å². The fourth-order valence-corrected chi connectivity index (χ4v) is 3.56. The lowest BCUT2D eigenvalue weighted by atomic mass is 10.1. The predicted molar refractivity (Wildman–Crippen MR) is 87.5 cm³/mol. The first-order valence-corrected chi connectivity index (χ1v) is 8.75. The van der Waals surface area contributed by atoms with E-state index in [4.69, 9.17) is 22.4 Å². The quantitative estimate of drug-likeness (QED) is 0.587. The van der Waals surface area contributed by atoms with Crippen molar-refractivity contribution in [1.82, 2.24) is 14.1 Å². The van der Waals surface area contributed by atoms with Crippen molar-refractivity contribution in [2.75, 3.05) is 7.05 Å². The molecule has 0 bridgehead atoms. The first kappa shape index (κ1) is 20.1. The summed E-state index contributed by atoms with van der Waals surface area (Å²) in [6, 6.07) is 4.09. The van der Waals surface area contributed by atoms with E-state index < -0.39 is 27.3 Å². The van der Waals surface area contributed by atoms with E-state index in [9.17, 15) is 21.6 Å². The highest BCUT2D eigenvalue weighted by molar-refractivity contribution is 7.89. The molecule has 2 rings (SSSR count). The Bertz CT molecular complexity index is 973. The summed E-state index contributed by atoms with van der Waals surface area (Å²) < 4.78 is 66.8. The summed E-state index contributed by atoms with van der Waals surface area (Å²) in [5, 5.41) is 17.6. The maximum absolute atomic E-state index is 13.6. The summed E-state index contributed by atoms with van der Waals surface area (Å²) in [5.74, 6) is 0. The van der Waals surface area contributed by atoms with Crippen LogP contribution in [0.4, 0.5) is 13.2 Å². The zero-order valence-corrected chi connectivity index (χ0v) is 14.8. The standard InChI is InChI=1S/C14H13ClF3N5O2S/c1-22(13(14(16,17)18)9-2-4-10(15)5-3-9)26(24,25)12-7-6-11(20)23(8-19)21-12/h2-8,13,19-20H,1H3/t13-/m1/s1. The molecule has 0 radical (unpaired) electrons. The molecule has 0 aliphatic heterocycles. The Morgan fingerprint density at radius 1 is 1.23 bits per heavy atom. The molecule has 12 heteroatoms. The number of sulfonamides is 1. The molecule has 0 unspecified atom stereocenters. The maximum atomic E-state index is 13.6. The summed E-state index contributed by atoms with van der Waals surface area (Å²) in [7, 11) is -3.88. The number of aromatic nitrogens is 2. The SMILES string of the molecule is CN([C@H](c1ccc(Cl)cc1)C(F)(F)F)S(=O)(=O)c1ccc(=N)n(C=N)n1. The van der Waals surface area contributed by atoms with Crippen LogP contribution in [0.25, 0.3) is 0 Å². The molecule has 140 valence electrons. The Morgan fingerprint density at radius 3 is 2.31 bits per heavy atom. The van der Waals surface area contributed by atoms with Crippen molar-refractivity contribution in [2.24, 2.45) is 0 Å². The van der Waals surface area contributed by atoms with Crippen LogP contribution in [0.15, 0.2) is 41.4 Å². The highest BCUT2D eigenvalue weighted by Crippen LogP contribution is 2.39. The van der Waals surface area contributed by atoms with E-state index in [2.05, 4.69) is 5.10 Å². The molecule has 0 fully saturated rings. The lowest BCUT2D eigenvalue weighted by molar-refractivity contribution is -0.171. The zero-order chi connectivity index (χ0) is 19.7. The van der Waals surface area contributed by atoms with Gasteiger partial charge in [-0.15, -0.1) is 0 Å². The van der Waals surface area contributed by atoms with E-state index in [-0.39, 0.29) is 20.4 Å². The van der Waals surface area contributed by atoms with Gasteiger partial charge in [-0.1, -0.05) is 23.7 Å². The second kappa shape index (κ2) is 7.17. The highest BCUT2D eigenvalue weighted by Gasteiger charge is 2.48. The van der Waals surface area contributed by atoms with Gasteiger partial charge in [-0.3, -0.25) is 10.8 Å². The monoisotopic (exact) mass is 407 g/mol. The van der Waals surface area contributed by atoms with Crippen molar-refractivity contribution >= 4 is 28.0 Å². The van der Waals surface area contributed by atoms with E-state index in [1.54, 1.807) is 0 Å². The van der Waals surface area contributed by atoms with Gasteiger partial charge in [0.15, 0.2) is 5.03 Å². The Hall–Kier alpha value is -2.24. The summed E-state index contributed by atoms with van der Waals surface area (Å²) in [6.45, 7) is 0. The van der Waals surface area contributed by atoms with Crippen molar-refractivity contribution in [2.45, 2.75) is 17.2 Å². The van der Waals surface area contributed by atoms with Gasteiger partial charge in [-0.2, -0.15) is 22.6 Å². The number of rotatable bonds is 5. The second-order valence-electron chi connectivity index (χ2n) is 5.15. The van der Waals surface area contributed by atoms with Crippen LogP contribution >= 0.6 is 11.6 Å². The lowest BCUT2D eigenvalue weighted by Crippen LogP contribution is -2.40. The van der Waals surface area contributed by atoms with Gasteiger partial charge in [0.2, 0.25) is 0 Å². The topological polar surface area (TPSA) is 103 Å². The molecule has 1 aromatic heterocycles. The van der Waals surface area contributed by atoms with Gasteiger partial charge >= 0.3 is 6.18 Å². The minimum atomic E-state index is -4.90. The molecule has 0 aliphatic rings. The summed E-state index contributed by atoms with van der Waals surface area (Å²) in [4.78, 5) is 0. The van der Waals surface area contributed by atoms with Gasteiger partial charge in [0.1, 0.15) is 17.9 Å². The molecule has 1 aromatic carbocycles. The average Bonchev–Trinajstić information content (AvgIpc) is 2.55. The van der Waals surface area contributed by atoms with E-state index in [0.717, 1.165) is 31.3 Å². The molecule has 0 saturated carbocycles. The first-order valence-electron chi connectivity index (χ1n) is 6.93. The molecule has 0 amide bonds. The number of hydrogen-bond donors (Lipinski definition) is 2. The highest BCUT2D eigenvalue weighted by atomic mass is 35.5. The third-order valence-electron chi connectivity index (χ3n) is 3.46. The third kappa shape index (κ3) is 3.94. The number of nitrogens with one attached hydrogen (secondary N) is 2. The molecule has 1 heterocycles. The number of alkyl halides is 3. The van der Waals surface area contributed by atoms with Gasteiger partial charge in [0, 0.05) is 12.1 Å². The van der Waals surface area contributed by atoms with E-state index in [0.29, 0.717) is 11.0 Å². The number of benzene rings is 1. The van der Waals surface area contributed by atoms with Crippen LogP contribution in [0.5, 0.6) is 0 Å². The van der Waals surface area contributed by atoms with Crippen molar-refractivity contribution in [3.05, 3.63) is 52.5 Å². The van der Waals surface area contributed by atoms with E-state index in [1.165, 1.54) is 12.1 Å². The lowest BCUT2D eigenvalue weighted by Gasteiger charge is -2.29. The van der Waals surface area contributed by atoms with Gasteiger partial charge in [-0.05, 0) is 29.8 Å². The van der Waals surface area contributed by atoms with Gasteiger partial charge in [-0.25, -0.2) is 13.1 Å². The molecule has 7 nitrogen and oxygen atoms in total. The van der Waals surface area contributed by atoms with Crippen LogP contribution in [-0.2, 0) is 10.0 Å². The Morgan fingerprint density at radius 2 is 1.81 bits per heavy atom. The average molecular weight is 408 g/mol. The molecule has 1 atom stereocenters. The van der Waals surface area contributed by atoms with Crippen LogP contribution in [0.1, 0.15) is 11.6 Å². The van der Waals surface area contributed by atoms with Crippen LogP contribution in [0, 0.1) is 10.8 Å². The van der Waals surface area contributed by atoms with Crippen LogP contribution in [0.2, 0.25) is 5.02 Å². The molecular weight excluding hydrogens is 395 g/mol. The summed E-state index contributed by atoms with van der Waals surface area (Å²) >= 11 is 5.68. The van der Waals surface area contributed by atoms with Gasteiger partial charge < -0.3 is 0 Å². The van der Waals surface area contributed by atoms with Crippen LogP contribution in [-0.4, -0.2) is 42.1 Å². The fourth-order valence-electron chi connectivity index (χ4n) is 2.19. The van der Waals surface area contributed by atoms with Crippen molar-refractivity contribution < 1.29 is 21.6 Å². The summed E-state index contributed by atoms with van der Waals surface area (Å²) in [5.41, 5.74) is -0.614. The van der Waals surface area contributed by atoms with Crippen molar-refractivity contribution in [3.8, 4) is 0 Å². The fraction of sp³-hybridized carbons (Fsp3) is 0.214. The zero-order valence-electron chi connectivity index (χ0n) is 13.2. The molecule has 2 N–H and O–H groups in total. The Balaban J connectivity index is 2.57. The Kier molecular flexibility index (Phi) is 5.54. The molecule has 2 aromatic rings. The van der Waals surface area contributed by atoms with Gasteiger partial charge in [0.05, 0.1) is 0 Å². The van der Waals surface area contributed by atoms with E-state index in [1.807, 2.05) is 0 Å². The Labute approximate surface area is 151 Å². The second-order valence-corrected chi connectivity index (χ2v) is 7.53.